The number of carbonyl (C=O) groups excluding carboxylic acids is 1. The van der Waals surface area contributed by atoms with Gasteiger partial charge in [-0.25, -0.2) is 0 Å². The van der Waals surface area contributed by atoms with Gasteiger partial charge in [0.15, 0.2) is 5.96 Å². The highest BCUT2D eigenvalue weighted by atomic mass is 127. The van der Waals surface area contributed by atoms with Crippen LogP contribution in [0, 0.1) is 5.41 Å². The van der Waals surface area contributed by atoms with Gasteiger partial charge in [0.25, 0.3) is 0 Å². The van der Waals surface area contributed by atoms with E-state index in [9.17, 15) is 4.79 Å². The lowest BCUT2D eigenvalue weighted by Gasteiger charge is -2.42. The molecular formula is C23H37IN4O. The van der Waals surface area contributed by atoms with Gasteiger partial charge in [0, 0.05) is 46.2 Å². The lowest BCUT2D eigenvalue weighted by Crippen LogP contribution is -2.49. The maximum absolute atomic E-state index is 11.8. The van der Waals surface area contributed by atoms with Gasteiger partial charge in [0.2, 0.25) is 5.91 Å². The topological polar surface area (TPSA) is 47.9 Å². The number of rotatable bonds is 6. The van der Waals surface area contributed by atoms with Gasteiger partial charge >= 0.3 is 0 Å². The number of carbonyl (C=O) groups is 1. The summed E-state index contributed by atoms with van der Waals surface area (Å²) in [7, 11) is 1.88. The van der Waals surface area contributed by atoms with Crippen molar-refractivity contribution < 1.29 is 4.79 Å². The summed E-state index contributed by atoms with van der Waals surface area (Å²) in [6, 6.07) is 8.61. The SMILES string of the molecule is CCCC1(C)CCCN(C(=NC)NCc2ccc(CN3CCCC3=O)cc2)C1.I. The molecular weight excluding hydrogens is 475 g/mol. The molecule has 3 rings (SSSR count). The molecule has 2 aliphatic rings. The average molecular weight is 512 g/mol. The number of piperidine rings is 1. The van der Waals surface area contributed by atoms with Crippen LogP contribution in [0.1, 0.15) is 63.5 Å². The molecule has 6 heteroatoms. The molecule has 2 heterocycles. The molecule has 0 spiro atoms. The first kappa shape index (κ1) is 24.0. The minimum Gasteiger partial charge on any atom is -0.352 e. The van der Waals surface area contributed by atoms with Crippen LogP contribution in [0.3, 0.4) is 0 Å². The fourth-order valence-electron chi connectivity index (χ4n) is 4.67. The second kappa shape index (κ2) is 11.2. The summed E-state index contributed by atoms with van der Waals surface area (Å²) < 4.78 is 0. The average Bonchev–Trinajstić information content (AvgIpc) is 3.08. The van der Waals surface area contributed by atoms with Gasteiger partial charge in [-0.15, -0.1) is 24.0 Å². The summed E-state index contributed by atoms with van der Waals surface area (Å²) in [6.07, 6.45) is 6.77. The maximum Gasteiger partial charge on any atom is 0.222 e. The van der Waals surface area contributed by atoms with Crippen LogP contribution in [0.5, 0.6) is 0 Å². The smallest absolute Gasteiger partial charge is 0.222 e. The van der Waals surface area contributed by atoms with Gasteiger partial charge in [-0.2, -0.15) is 0 Å². The Morgan fingerprint density at radius 2 is 1.90 bits per heavy atom. The van der Waals surface area contributed by atoms with Crippen LogP contribution < -0.4 is 5.32 Å². The minimum atomic E-state index is 0. The molecule has 1 aromatic rings. The van der Waals surface area contributed by atoms with Gasteiger partial charge in [0.05, 0.1) is 0 Å². The summed E-state index contributed by atoms with van der Waals surface area (Å²) in [6.45, 7) is 9.27. The Morgan fingerprint density at radius 1 is 1.17 bits per heavy atom. The molecule has 1 N–H and O–H groups in total. The molecule has 1 aromatic carbocycles. The Balaban J connectivity index is 0.00000300. The number of halogens is 1. The quantitative estimate of drug-likeness (QED) is 0.349. The Kier molecular flexibility index (Phi) is 9.24. The number of guanidine groups is 1. The molecule has 2 saturated heterocycles. The third-order valence-electron chi connectivity index (χ3n) is 6.16. The van der Waals surface area contributed by atoms with Crippen molar-refractivity contribution in [2.75, 3.05) is 26.7 Å². The zero-order valence-electron chi connectivity index (χ0n) is 18.2. The molecule has 0 aromatic heterocycles. The van der Waals surface area contributed by atoms with E-state index in [1.807, 2.05) is 11.9 Å². The van der Waals surface area contributed by atoms with Crippen molar-refractivity contribution in [3.63, 3.8) is 0 Å². The van der Waals surface area contributed by atoms with Gasteiger partial charge in [-0.1, -0.05) is 44.5 Å². The molecule has 1 amide bonds. The number of aliphatic imine (C=N–C) groups is 1. The van der Waals surface area contributed by atoms with Crippen LogP contribution in [0.2, 0.25) is 0 Å². The lowest BCUT2D eigenvalue weighted by atomic mass is 9.78. The number of benzene rings is 1. The van der Waals surface area contributed by atoms with E-state index >= 15 is 0 Å². The van der Waals surface area contributed by atoms with E-state index < -0.39 is 0 Å². The fraction of sp³-hybridized carbons (Fsp3) is 0.652. The molecule has 0 radical (unpaired) electrons. The van der Waals surface area contributed by atoms with E-state index in [2.05, 4.69) is 53.3 Å². The zero-order valence-corrected chi connectivity index (χ0v) is 20.6. The van der Waals surface area contributed by atoms with Gasteiger partial charge in [-0.05, 0) is 42.2 Å². The molecule has 5 nitrogen and oxygen atoms in total. The Hall–Kier alpha value is -1.31. The predicted molar refractivity (Wildman–Crippen MR) is 131 cm³/mol. The number of nitrogens with zero attached hydrogens (tertiary/aromatic N) is 3. The highest BCUT2D eigenvalue weighted by Gasteiger charge is 2.31. The number of hydrogen-bond donors (Lipinski definition) is 1. The second-order valence-corrected chi connectivity index (χ2v) is 8.72. The summed E-state index contributed by atoms with van der Waals surface area (Å²) >= 11 is 0. The van der Waals surface area contributed by atoms with Crippen LogP contribution >= 0.6 is 24.0 Å². The Labute approximate surface area is 193 Å². The number of nitrogens with one attached hydrogen (secondary N) is 1. The summed E-state index contributed by atoms with van der Waals surface area (Å²) in [5.41, 5.74) is 2.85. The molecule has 0 aliphatic carbocycles. The van der Waals surface area contributed by atoms with Crippen LogP contribution in [-0.4, -0.2) is 48.3 Å². The van der Waals surface area contributed by atoms with Crippen LogP contribution in [0.15, 0.2) is 29.3 Å². The molecule has 0 saturated carbocycles. The van der Waals surface area contributed by atoms with Crippen molar-refractivity contribution in [2.45, 2.75) is 65.5 Å². The van der Waals surface area contributed by atoms with Crippen molar-refractivity contribution in [3.8, 4) is 0 Å². The van der Waals surface area contributed by atoms with Crippen molar-refractivity contribution >= 4 is 35.8 Å². The first-order valence-corrected chi connectivity index (χ1v) is 10.8. The van der Waals surface area contributed by atoms with E-state index in [0.29, 0.717) is 11.8 Å². The van der Waals surface area contributed by atoms with Crippen LogP contribution in [0.25, 0.3) is 0 Å². The number of hydrogen-bond acceptors (Lipinski definition) is 2. The molecule has 0 bridgehead atoms. The van der Waals surface area contributed by atoms with Crippen LogP contribution in [0.4, 0.5) is 0 Å². The maximum atomic E-state index is 11.8. The van der Waals surface area contributed by atoms with Crippen molar-refractivity contribution in [1.82, 2.24) is 15.1 Å². The number of amides is 1. The summed E-state index contributed by atoms with van der Waals surface area (Å²) in [5.74, 6) is 1.29. The predicted octanol–water partition coefficient (Wildman–Crippen LogP) is 4.40. The number of likely N-dealkylation sites (tertiary alicyclic amines) is 2. The van der Waals surface area contributed by atoms with Crippen molar-refractivity contribution in [1.29, 1.82) is 0 Å². The van der Waals surface area contributed by atoms with Crippen molar-refractivity contribution in [3.05, 3.63) is 35.4 Å². The Morgan fingerprint density at radius 3 is 2.52 bits per heavy atom. The van der Waals surface area contributed by atoms with E-state index in [-0.39, 0.29) is 29.9 Å². The molecule has 2 fully saturated rings. The van der Waals surface area contributed by atoms with Crippen LogP contribution in [-0.2, 0) is 17.9 Å². The zero-order chi connectivity index (χ0) is 20.0. The molecule has 29 heavy (non-hydrogen) atoms. The normalized spacial score (nSPS) is 22.6. The van der Waals surface area contributed by atoms with Gasteiger partial charge in [-0.3, -0.25) is 9.79 Å². The summed E-state index contributed by atoms with van der Waals surface area (Å²) in [5, 5.41) is 3.55. The third-order valence-corrected chi connectivity index (χ3v) is 6.16. The highest BCUT2D eigenvalue weighted by Crippen LogP contribution is 2.33. The monoisotopic (exact) mass is 512 g/mol. The first-order chi connectivity index (χ1) is 13.5. The fourth-order valence-corrected chi connectivity index (χ4v) is 4.67. The third kappa shape index (κ3) is 6.59. The van der Waals surface area contributed by atoms with E-state index in [0.717, 1.165) is 45.1 Å². The van der Waals surface area contributed by atoms with Gasteiger partial charge < -0.3 is 15.1 Å². The molecule has 162 valence electrons. The highest BCUT2D eigenvalue weighted by molar-refractivity contribution is 14.0. The lowest BCUT2D eigenvalue weighted by molar-refractivity contribution is -0.128. The van der Waals surface area contributed by atoms with E-state index in [1.165, 1.54) is 36.8 Å². The molecule has 1 unspecified atom stereocenters. The van der Waals surface area contributed by atoms with Gasteiger partial charge in [0.1, 0.15) is 0 Å². The standard InChI is InChI=1S/C23H36N4O.HI/c1-4-12-23(2)13-6-15-27(18-23)22(24-3)25-16-19-8-10-20(11-9-19)17-26-14-5-7-21(26)28;/h8-11H,4-7,12-18H2,1-3H3,(H,24,25);1H. The Bertz CT molecular complexity index is 687. The molecule has 1 atom stereocenters. The van der Waals surface area contributed by atoms with Crippen molar-refractivity contribution in [2.24, 2.45) is 10.4 Å². The largest absolute Gasteiger partial charge is 0.352 e. The minimum absolute atomic E-state index is 0. The first-order valence-electron chi connectivity index (χ1n) is 10.8. The summed E-state index contributed by atoms with van der Waals surface area (Å²) in [4.78, 5) is 20.7. The van der Waals surface area contributed by atoms with E-state index in [1.54, 1.807) is 0 Å². The molecule has 2 aliphatic heterocycles. The van der Waals surface area contributed by atoms with E-state index in [4.69, 9.17) is 0 Å². The second-order valence-electron chi connectivity index (χ2n) is 8.72.